The van der Waals surface area contributed by atoms with Gasteiger partial charge in [-0.1, -0.05) is 19.3 Å². The fourth-order valence-corrected chi connectivity index (χ4v) is 3.47. The Morgan fingerprint density at radius 2 is 1.94 bits per heavy atom. The molecule has 1 saturated carbocycles. The molecule has 3 heteroatoms. The van der Waals surface area contributed by atoms with Gasteiger partial charge in [0.25, 0.3) is 0 Å². The molecular weight excluding hydrogens is 210 g/mol. The van der Waals surface area contributed by atoms with E-state index in [0.29, 0.717) is 12.0 Å². The molecular formula is C14H23N3. The summed E-state index contributed by atoms with van der Waals surface area (Å²) in [6, 6.07) is 0.332. The molecule has 3 nitrogen and oxygen atoms in total. The summed E-state index contributed by atoms with van der Waals surface area (Å²) in [6.07, 6.45) is 9.04. The highest BCUT2D eigenvalue weighted by atomic mass is 15.1. The van der Waals surface area contributed by atoms with Crippen molar-refractivity contribution >= 4 is 0 Å². The molecule has 1 aromatic rings. The number of nitrogens with zero attached hydrogens (tertiary/aromatic N) is 2. The van der Waals surface area contributed by atoms with Gasteiger partial charge in [-0.15, -0.1) is 0 Å². The van der Waals surface area contributed by atoms with Crippen molar-refractivity contribution in [2.45, 2.75) is 70.4 Å². The lowest BCUT2D eigenvalue weighted by Gasteiger charge is -2.27. The zero-order valence-corrected chi connectivity index (χ0v) is 10.8. The highest BCUT2D eigenvalue weighted by Crippen LogP contribution is 2.34. The summed E-state index contributed by atoms with van der Waals surface area (Å²) >= 11 is 0. The van der Waals surface area contributed by atoms with Crippen LogP contribution < -0.4 is 5.73 Å². The maximum Gasteiger partial charge on any atom is 0.112 e. The molecule has 2 aliphatic rings. The number of imidazole rings is 1. The Morgan fingerprint density at radius 1 is 1.18 bits per heavy atom. The van der Waals surface area contributed by atoms with Crippen molar-refractivity contribution in [3.8, 4) is 0 Å². The van der Waals surface area contributed by atoms with Crippen LogP contribution in [0.1, 0.15) is 61.7 Å². The van der Waals surface area contributed by atoms with Gasteiger partial charge < -0.3 is 10.3 Å². The van der Waals surface area contributed by atoms with Crippen LogP contribution in [0.15, 0.2) is 0 Å². The summed E-state index contributed by atoms with van der Waals surface area (Å²) in [5.74, 6) is 2.04. The van der Waals surface area contributed by atoms with Crippen molar-refractivity contribution in [3.05, 3.63) is 17.2 Å². The van der Waals surface area contributed by atoms with E-state index >= 15 is 0 Å². The Balaban J connectivity index is 1.93. The molecule has 1 aliphatic heterocycles. The second-order valence-electron chi connectivity index (χ2n) is 5.75. The molecule has 2 N–H and O–H groups in total. The lowest BCUT2D eigenvalue weighted by atomic mass is 9.88. The second-order valence-corrected chi connectivity index (χ2v) is 5.75. The van der Waals surface area contributed by atoms with E-state index in [9.17, 15) is 0 Å². The van der Waals surface area contributed by atoms with Crippen molar-refractivity contribution in [2.24, 2.45) is 5.73 Å². The monoisotopic (exact) mass is 233 g/mol. The number of fused-ring (bicyclic) bond motifs is 1. The van der Waals surface area contributed by atoms with E-state index in [1.165, 1.54) is 49.3 Å². The fraction of sp³-hybridized carbons (Fsp3) is 0.786. The van der Waals surface area contributed by atoms with E-state index < -0.39 is 0 Å². The van der Waals surface area contributed by atoms with E-state index in [0.717, 1.165) is 19.4 Å². The molecule has 1 fully saturated rings. The van der Waals surface area contributed by atoms with Gasteiger partial charge in [-0.2, -0.15) is 0 Å². The topological polar surface area (TPSA) is 43.8 Å². The highest BCUT2D eigenvalue weighted by Gasteiger charge is 2.26. The Labute approximate surface area is 103 Å². The predicted molar refractivity (Wildman–Crippen MR) is 69.1 cm³/mol. The average molecular weight is 233 g/mol. The number of nitrogens with two attached hydrogens (primary N) is 1. The summed E-state index contributed by atoms with van der Waals surface area (Å²) in [5, 5.41) is 0. The van der Waals surface area contributed by atoms with E-state index in [-0.39, 0.29) is 0 Å². The molecule has 17 heavy (non-hydrogen) atoms. The van der Waals surface area contributed by atoms with Crippen LogP contribution in [0, 0.1) is 6.92 Å². The third-order valence-electron chi connectivity index (χ3n) is 4.44. The first-order valence-electron chi connectivity index (χ1n) is 7.07. The first-order chi connectivity index (χ1) is 8.25. The van der Waals surface area contributed by atoms with Crippen LogP contribution in [0.4, 0.5) is 0 Å². The van der Waals surface area contributed by atoms with Gasteiger partial charge in [0.05, 0.1) is 5.69 Å². The summed E-state index contributed by atoms with van der Waals surface area (Å²) in [4.78, 5) is 4.86. The van der Waals surface area contributed by atoms with Gasteiger partial charge in [0.15, 0.2) is 0 Å². The van der Waals surface area contributed by atoms with Gasteiger partial charge in [-0.05, 0) is 32.6 Å². The maximum atomic E-state index is 6.11. The zero-order chi connectivity index (χ0) is 11.8. The van der Waals surface area contributed by atoms with Crippen LogP contribution in [-0.2, 0) is 13.0 Å². The fourth-order valence-electron chi connectivity index (χ4n) is 3.47. The van der Waals surface area contributed by atoms with E-state index in [4.69, 9.17) is 10.7 Å². The van der Waals surface area contributed by atoms with Crippen LogP contribution in [0.2, 0.25) is 0 Å². The third kappa shape index (κ3) is 2.01. The third-order valence-corrected chi connectivity index (χ3v) is 4.44. The summed E-state index contributed by atoms with van der Waals surface area (Å²) in [6.45, 7) is 3.15. The van der Waals surface area contributed by atoms with Gasteiger partial charge in [0.2, 0.25) is 0 Å². The first kappa shape index (κ1) is 11.3. The Hall–Kier alpha value is -0.830. The summed E-state index contributed by atoms with van der Waals surface area (Å²) < 4.78 is 2.44. The molecule has 2 heterocycles. The minimum Gasteiger partial charge on any atom is -0.330 e. The van der Waals surface area contributed by atoms with Crippen LogP contribution in [-0.4, -0.2) is 15.6 Å². The van der Waals surface area contributed by atoms with Crippen molar-refractivity contribution in [1.29, 1.82) is 0 Å². The van der Waals surface area contributed by atoms with Gasteiger partial charge >= 0.3 is 0 Å². The molecule has 0 bridgehead atoms. The minimum atomic E-state index is 0.332. The largest absolute Gasteiger partial charge is 0.330 e. The normalized spacial score (nSPS) is 25.9. The number of hydrogen-bond acceptors (Lipinski definition) is 2. The smallest absolute Gasteiger partial charge is 0.112 e. The van der Waals surface area contributed by atoms with E-state index in [1.807, 2.05) is 0 Å². The first-order valence-corrected chi connectivity index (χ1v) is 7.07. The van der Waals surface area contributed by atoms with Crippen LogP contribution in [0.5, 0.6) is 0 Å². The van der Waals surface area contributed by atoms with Crippen LogP contribution >= 0.6 is 0 Å². The minimum absolute atomic E-state index is 0.332. The lowest BCUT2D eigenvalue weighted by molar-refractivity contribution is 0.388. The highest BCUT2D eigenvalue weighted by molar-refractivity contribution is 5.21. The molecule has 0 spiro atoms. The molecule has 3 rings (SSSR count). The van der Waals surface area contributed by atoms with Crippen molar-refractivity contribution in [3.63, 3.8) is 0 Å². The van der Waals surface area contributed by atoms with Crippen LogP contribution in [0.25, 0.3) is 0 Å². The standard InChI is InChI=1S/C14H23N3/c1-10-13-8-7-12(15)9-17(13)14(16-10)11-5-3-2-4-6-11/h11-12H,2-9,15H2,1H3. The molecule has 1 unspecified atom stereocenters. The Kier molecular flexibility index (Phi) is 2.95. The molecule has 0 saturated heterocycles. The van der Waals surface area contributed by atoms with Gasteiger partial charge in [-0.3, -0.25) is 0 Å². The molecule has 1 atom stereocenters. The predicted octanol–water partition coefficient (Wildman–Crippen LogP) is 2.51. The van der Waals surface area contributed by atoms with E-state index in [1.54, 1.807) is 0 Å². The number of hydrogen-bond donors (Lipinski definition) is 1. The summed E-state index contributed by atoms with van der Waals surface area (Å²) in [7, 11) is 0. The Bertz CT molecular complexity index is 402. The van der Waals surface area contributed by atoms with Crippen LogP contribution in [0.3, 0.4) is 0 Å². The maximum absolute atomic E-state index is 6.11. The average Bonchev–Trinajstić information content (AvgIpc) is 2.67. The van der Waals surface area contributed by atoms with Crippen molar-refractivity contribution < 1.29 is 0 Å². The van der Waals surface area contributed by atoms with Gasteiger partial charge in [0.1, 0.15) is 5.82 Å². The van der Waals surface area contributed by atoms with Gasteiger partial charge in [0, 0.05) is 24.2 Å². The zero-order valence-electron chi connectivity index (χ0n) is 10.8. The van der Waals surface area contributed by atoms with Crippen molar-refractivity contribution in [1.82, 2.24) is 9.55 Å². The number of rotatable bonds is 1. The lowest BCUT2D eigenvalue weighted by Crippen LogP contribution is -2.33. The Morgan fingerprint density at radius 3 is 2.71 bits per heavy atom. The van der Waals surface area contributed by atoms with Crippen molar-refractivity contribution in [2.75, 3.05) is 0 Å². The quantitative estimate of drug-likeness (QED) is 0.810. The summed E-state index contributed by atoms with van der Waals surface area (Å²) in [5.41, 5.74) is 8.81. The second kappa shape index (κ2) is 4.45. The molecule has 1 aliphatic carbocycles. The number of aromatic nitrogens is 2. The van der Waals surface area contributed by atoms with Gasteiger partial charge in [-0.25, -0.2) is 4.98 Å². The SMILES string of the molecule is Cc1nc(C2CCCCC2)n2c1CCC(N)C2. The molecule has 0 radical (unpaired) electrons. The molecule has 1 aromatic heterocycles. The molecule has 0 amide bonds. The van der Waals surface area contributed by atoms with E-state index in [2.05, 4.69) is 11.5 Å². The molecule has 0 aromatic carbocycles. The molecule has 94 valence electrons. The number of aryl methyl sites for hydroxylation is 1.